The van der Waals surface area contributed by atoms with Crippen molar-refractivity contribution >= 4 is 81.0 Å². The van der Waals surface area contributed by atoms with Gasteiger partial charge in [0.1, 0.15) is 0 Å². The second-order valence-corrected chi connectivity index (χ2v) is 36.8. The molecule has 2 atom stereocenters. The molecule has 0 nitrogen and oxygen atoms in total. The molecule has 18 heavy (non-hydrogen) atoms. The zero-order valence-electron chi connectivity index (χ0n) is 9.15. The summed E-state index contributed by atoms with van der Waals surface area (Å²) >= 11 is 0. The maximum atomic E-state index is 6.27. The minimum absolute atomic E-state index is 0.0220. The molecule has 1 aliphatic carbocycles. The summed E-state index contributed by atoms with van der Waals surface area (Å²) in [6, 6.07) is 8.04. The summed E-state index contributed by atoms with van der Waals surface area (Å²) in [6.07, 6.45) is 1.51. The number of hydrogen-bond acceptors (Lipinski definition) is 0. The molecule has 2 unspecified atom stereocenters. The van der Waals surface area contributed by atoms with Crippen LogP contribution >= 0.6 is 60.1 Å². The quantitative estimate of drug-likeness (QED) is 0.453. The van der Waals surface area contributed by atoms with E-state index in [9.17, 15) is 0 Å². The zero-order chi connectivity index (χ0) is 13.6. The first-order valence-corrected chi connectivity index (χ1v) is 24.4. The summed E-state index contributed by atoms with van der Waals surface area (Å²) in [5, 5.41) is 0. The van der Waals surface area contributed by atoms with Gasteiger partial charge in [-0.3, -0.25) is 0 Å². The molecular formula is C10H10Cl6Ge2. The molecule has 100 valence electrons. The Bertz CT molecular complexity index is 439. The molecule has 0 saturated heterocycles. The third-order valence-electron chi connectivity index (χ3n) is 3.28. The first-order valence-electron chi connectivity index (χ1n) is 5.41. The van der Waals surface area contributed by atoms with Crippen molar-refractivity contribution in [3.8, 4) is 0 Å². The van der Waals surface area contributed by atoms with Crippen LogP contribution in [0.4, 0.5) is 0 Å². The summed E-state index contributed by atoms with van der Waals surface area (Å²) < 4.78 is 0.0577. The van der Waals surface area contributed by atoms with E-state index in [0.29, 0.717) is 6.42 Å². The number of hydrogen-bond donors (Lipinski definition) is 0. The molecule has 1 aromatic carbocycles. The molecule has 8 heteroatoms. The molecule has 0 radical (unpaired) electrons. The van der Waals surface area contributed by atoms with Gasteiger partial charge in [-0.15, -0.1) is 0 Å². The summed E-state index contributed by atoms with van der Waals surface area (Å²) in [5.74, 6) is 0. The normalized spacial score (nSPS) is 24.8. The predicted octanol–water partition coefficient (Wildman–Crippen LogP) is 5.94. The topological polar surface area (TPSA) is 0 Å². The number of fused-ring (bicyclic) bond motifs is 1. The van der Waals surface area contributed by atoms with Crippen LogP contribution < -0.4 is 0 Å². The summed E-state index contributed by atoms with van der Waals surface area (Å²) in [5.41, 5.74) is 2.32. The van der Waals surface area contributed by atoms with Crippen LogP contribution in [0.25, 0.3) is 0 Å². The van der Waals surface area contributed by atoms with Crippen molar-refractivity contribution < 1.29 is 0 Å². The van der Waals surface area contributed by atoms with E-state index in [2.05, 4.69) is 0 Å². The van der Waals surface area contributed by atoms with E-state index in [-0.39, 0.29) is 9.50 Å². The van der Waals surface area contributed by atoms with Crippen LogP contribution in [-0.4, -0.2) is 21.0 Å². The maximum absolute atomic E-state index is 6.27. The minimum atomic E-state index is -3.38. The molecule has 0 amide bonds. The number of benzene rings is 1. The fourth-order valence-corrected chi connectivity index (χ4v) is 13.7. The van der Waals surface area contributed by atoms with Crippen molar-refractivity contribution in [1.82, 2.24) is 0 Å². The van der Waals surface area contributed by atoms with Crippen molar-refractivity contribution in [2.24, 2.45) is 0 Å². The third-order valence-corrected chi connectivity index (χ3v) is 17.9. The Labute approximate surface area is 137 Å². The molecule has 0 bridgehead atoms. The number of rotatable bonds is 2. The average Bonchev–Trinajstić information content (AvgIpc) is 2.25. The first kappa shape index (κ1) is 16.4. The number of halogens is 6. The van der Waals surface area contributed by atoms with Crippen LogP contribution in [0, 0.1) is 0 Å². The van der Waals surface area contributed by atoms with Gasteiger partial charge < -0.3 is 0 Å². The van der Waals surface area contributed by atoms with Gasteiger partial charge in [0.15, 0.2) is 0 Å². The third kappa shape index (κ3) is 3.82. The SMILES string of the molecule is [Cl][Ge]([Cl])([Cl])[CH]1Cc2ccccc2[CH]([Ge]([Cl])([Cl])[Cl])C1. The van der Waals surface area contributed by atoms with Crippen LogP contribution in [0.3, 0.4) is 0 Å². The Morgan fingerprint density at radius 2 is 1.50 bits per heavy atom. The molecule has 1 aliphatic rings. The van der Waals surface area contributed by atoms with E-state index in [1.807, 2.05) is 24.3 Å². The van der Waals surface area contributed by atoms with Crippen molar-refractivity contribution in [2.45, 2.75) is 22.3 Å². The molecule has 1 aromatic rings. The Morgan fingerprint density at radius 3 is 2.06 bits per heavy atom. The van der Waals surface area contributed by atoms with E-state index in [1.165, 1.54) is 5.56 Å². The van der Waals surface area contributed by atoms with Gasteiger partial charge in [-0.05, 0) is 0 Å². The monoisotopic (exact) mass is 488 g/mol. The second-order valence-electron chi connectivity index (χ2n) is 4.47. The van der Waals surface area contributed by atoms with Crippen molar-refractivity contribution in [1.29, 1.82) is 0 Å². The Hall–Kier alpha value is 2.05. The van der Waals surface area contributed by atoms with Crippen LogP contribution in [0.15, 0.2) is 24.3 Å². The van der Waals surface area contributed by atoms with E-state index >= 15 is 0 Å². The molecule has 0 saturated carbocycles. The molecule has 0 spiro atoms. The Kier molecular flexibility index (Phi) is 5.51. The van der Waals surface area contributed by atoms with E-state index < -0.39 is 21.0 Å². The Balaban J connectivity index is 2.42. The van der Waals surface area contributed by atoms with Gasteiger partial charge in [-0.2, -0.15) is 0 Å². The van der Waals surface area contributed by atoms with E-state index in [0.717, 1.165) is 12.0 Å². The van der Waals surface area contributed by atoms with Crippen LogP contribution in [0.5, 0.6) is 0 Å². The van der Waals surface area contributed by atoms with Crippen molar-refractivity contribution in [3.63, 3.8) is 0 Å². The molecule has 0 aromatic heterocycles. The van der Waals surface area contributed by atoms with Gasteiger partial charge in [0.05, 0.1) is 0 Å². The summed E-state index contributed by atoms with van der Waals surface area (Å²) in [4.78, 5) is 0. The van der Waals surface area contributed by atoms with Gasteiger partial charge in [0.2, 0.25) is 0 Å². The van der Waals surface area contributed by atoms with Crippen molar-refractivity contribution in [2.75, 3.05) is 0 Å². The standard InChI is InChI=1S/C10H10Cl6Ge2/c11-17(12,13)8-5-7-3-1-2-4-9(7)10(6-8)18(14,15)16/h1-4,8,10H,5-6H2. The molecule has 0 aliphatic heterocycles. The fraction of sp³-hybridized carbons (Fsp3) is 0.400. The molecule has 2 rings (SSSR count). The first-order chi connectivity index (χ1) is 8.19. The van der Waals surface area contributed by atoms with Crippen LogP contribution in [0.1, 0.15) is 22.3 Å². The fourth-order valence-electron chi connectivity index (χ4n) is 2.38. The van der Waals surface area contributed by atoms with E-state index in [1.54, 1.807) is 0 Å². The summed E-state index contributed by atoms with van der Waals surface area (Å²) in [6.45, 7) is 0. The zero-order valence-corrected chi connectivity index (χ0v) is 17.9. The van der Waals surface area contributed by atoms with E-state index in [4.69, 9.17) is 60.1 Å². The predicted molar refractivity (Wildman–Crippen MR) is 87.9 cm³/mol. The Morgan fingerprint density at radius 1 is 0.889 bits per heavy atom. The van der Waals surface area contributed by atoms with Crippen LogP contribution in [-0.2, 0) is 6.42 Å². The second kappa shape index (κ2) is 6.04. The molecule has 0 N–H and O–H groups in total. The van der Waals surface area contributed by atoms with Gasteiger partial charge in [-0.1, -0.05) is 0 Å². The van der Waals surface area contributed by atoms with Gasteiger partial charge in [0, 0.05) is 0 Å². The van der Waals surface area contributed by atoms with Gasteiger partial charge in [-0.25, -0.2) is 0 Å². The van der Waals surface area contributed by atoms with Gasteiger partial charge in [0.25, 0.3) is 0 Å². The van der Waals surface area contributed by atoms with Gasteiger partial charge >= 0.3 is 139 Å². The summed E-state index contributed by atoms with van der Waals surface area (Å²) in [7, 11) is 30.7. The van der Waals surface area contributed by atoms with Crippen LogP contribution in [0.2, 0.25) is 4.75 Å². The van der Waals surface area contributed by atoms with Crippen molar-refractivity contribution in [3.05, 3.63) is 35.4 Å². The average molecular weight is 488 g/mol. The molecule has 0 heterocycles. The molecule has 0 fully saturated rings. The molecular weight excluding hydrogens is 478 g/mol.